The first-order valence-electron chi connectivity index (χ1n) is 8.92. The van der Waals surface area contributed by atoms with Crippen LogP contribution in [0.15, 0.2) is 48.8 Å². The Hall–Kier alpha value is -2.93. The molecule has 1 aliphatic carbocycles. The van der Waals surface area contributed by atoms with Gasteiger partial charge in [0, 0.05) is 36.1 Å². The molecule has 1 aliphatic rings. The van der Waals surface area contributed by atoms with Gasteiger partial charge in [0.2, 0.25) is 0 Å². The van der Waals surface area contributed by atoms with Crippen molar-refractivity contribution in [3.63, 3.8) is 0 Å². The number of carbonyl (C=O) groups is 1. The number of benzene rings is 1. The molecule has 7 nitrogen and oxygen atoms in total. The summed E-state index contributed by atoms with van der Waals surface area (Å²) in [4.78, 5) is 16.8. The lowest BCUT2D eigenvalue weighted by Gasteiger charge is -2.27. The summed E-state index contributed by atoms with van der Waals surface area (Å²) in [5, 5.41) is 11.0. The zero-order chi connectivity index (χ0) is 17.9. The highest BCUT2D eigenvalue weighted by Gasteiger charge is 2.19. The number of imidazole rings is 1. The predicted octanol–water partition coefficient (Wildman–Crippen LogP) is 2.66. The summed E-state index contributed by atoms with van der Waals surface area (Å²) in [6.45, 7) is 0. The summed E-state index contributed by atoms with van der Waals surface area (Å²) >= 11 is 0. The fourth-order valence-electron chi connectivity index (χ4n) is 3.34. The number of aromatic nitrogens is 3. The topological polar surface area (TPSA) is 97.3 Å². The van der Waals surface area contributed by atoms with E-state index in [1.165, 1.54) is 0 Å². The highest BCUT2D eigenvalue weighted by molar-refractivity contribution is 6.06. The molecule has 4 N–H and O–H groups in total. The summed E-state index contributed by atoms with van der Waals surface area (Å²) in [5.41, 5.74) is 7.83. The van der Waals surface area contributed by atoms with E-state index in [1.54, 1.807) is 29.0 Å². The van der Waals surface area contributed by atoms with Gasteiger partial charge in [0.05, 0.1) is 5.69 Å². The molecule has 0 bridgehead atoms. The third-order valence-electron chi connectivity index (χ3n) is 4.77. The molecule has 134 valence electrons. The Morgan fingerprint density at radius 3 is 2.69 bits per heavy atom. The van der Waals surface area contributed by atoms with Crippen LogP contribution in [0, 0.1) is 0 Å². The minimum atomic E-state index is -0.170. The van der Waals surface area contributed by atoms with E-state index in [-0.39, 0.29) is 5.91 Å². The maximum atomic E-state index is 12.5. The van der Waals surface area contributed by atoms with Gasteiger partial charge in [-0.2, -0.15) is 0 Å². The molecule has 2 aromatic heterocycles. The van der Waals surface area contributed by atoms with Gasteiger partial charge >= 0.3 is 0 Å². The normalized spacial score (nSPS) is 20.0. The lowest BCUT2D eigenvalue weighted by atomic mass is 9.92. The van der Waals surface area contributed by atoms with Crippen LogP contribution in [-0.2, 0) is 0 Å². The maximum Gasteiger partial charge on any atom is 0.255 e. The summed E-state index contributed by atoms with van der Waals surface area (Å²) in [6.07, 6.45) is 7.53. The van der Waals surface area contributed by atoms with E-state index < -0.39 is 0 Å². The van der Waals surface area contributed by atoms with Crippen LogP contribution in [0.4, 0.5) is 11.5 Å². The van der Waals surface area contributed by atoms with E-state index in [0.29, 0.717) is 29.0 Å². The summed E-state index contributed by atoms with van der Waals surface area (Å²) in [6, 6.07) is 11.6. The molecule has 7 heteroatoms. The van der Waals surface area contributed by atoms with Gasteiger partial charge in [0.1, 0.15) is 5.82 Å². The summed E-state index contributed by atoms with van der Waals surface area (Å²) in [7, 11) is 0. The van der Waals surface area contributed by atoms with Crippen LogP contribution in [0.5, 0.6) is 0 Å². The first-order valence-corrected chi connectivity index (χ1v) is 8.92. The Kier molecular flexibility index (Phi) is 4.53. The number of hydrogen-bond acceptors (Lipinski definition) is 5. The fraction of sp³-hybridized carbons (Fsp3) is 0.316. The maximum absolute atomic E-state index is 12.5. The van der Waals surface area contributed by atoms with E-state index in [0.717, 1.165) is 31.5 Å². The van der Waals surface area contributed by atoms with Crippen LogP contribution in [-0.4, -0.2) is 32.6 Å². The zero-order valence-electron chi connectivity index (χ0n) is 14.4. The SMILES string of the molecule is NC1CCC(Nc2cc(NC(=O)c3ccccc3)c3nccn3n2)CC1. The number of hydrogen-bond donors (Lipinski definition) is 3. The second kappa shape index (κ2) is 7.13. The van der Waals surface area contributed by atoms with Crippen molar-refractivity contribution in [2.75, 3.05) is 10.6 Å². The molecule has 0 atom stereocenters. The van der Waals surface area contributed by atoms with Gasteiger partial charge in [0.25, 0.3) is 5.91 Å². The molecule has 0 spiro atoms. The molecule has 0 saturated heterocycles. The van der Waals surface area contributed by atoms with Crippen molar-refractivity contribution in [1.82, 2.24) is 14.6 Å². The largest absolute Gasteiger partial charge is 0.366 e. The smallest absolute Gasteiger partial charge is 0.255 e. The van der Waals surface area contributed by atoms with Gasteiger partial charge in [-0.3, -0.25) is 4.79 Å². The Morgan fingerprint density at radius 2 is 1.92 bits per heavy atom. The van der Waals surface area contributed by atoms with Crippen molar-refractivity contribution >= 4 is 23.1 Å². The first-order chi connectivity index (χ1) is 12.7. The van der Waals surface area contributed by atoms with Gasteiger partial charge in [-0.15, -0.1) is 5.10 Å². The van der Waals surface area contributed by atoms with Crippen molar-refractivity contribution in [1.29, 1.82) is 0 Å². The average Bonchev–Trinajstić information content (AvgIpc) is 3.13. The number of amides is 1. The lowest BCUT2D eigenvalue weighted by Crippen LogP contribution is -2.33. The summed E-state index contributed by atoms with van der Waals surface area (Å²) < 4.78 is 1.68. The van der Waals surface area contributed by atoms with Crippen LogP contribution >= 0.6 is 0 Å². The monoisotopic (exact) mass is 350 g/mol. The van der Waals surface area contributed by atoms with Gasteiger partial charge in [-0.25, -0.2) is 9.50 Å². The van der Waals surface area contributed by atoms with E-state index in [2.05, 4.69) is 20.7 Å². The highest BCUT2D eigenvalue weighted by atomic mass is 16.1. The molecule has 2 heterocycles. The van der Waals surface area contributed by atoms with E-state index in [9.17, 15) is 4.79 Å². The number of nitrogens with two attached hydrogens (primary N) is 1. The average molecular weight is 350 g/mol. The van der Waals surface area contributed by atoms with Crippen LogP contribution in [0.3, 0.4) is 0 Å². The highest BCUT2D eigenvalue weighted by Crippen LogP contribution is 2.24. The standard InChI is InChI=1S/C19H22N6O/c20-14-6-8-15(9-7-14)22-17-12-16(18-21-10-11-25(18)24-17)23-19(26)13-4-2-1-3-5-13/h1-5,10-12,14-15H,6-9,20H2,(H,22,24)(H,23,26). The van der Waals surface area contributed by atoms with Gasteiger partial charge < -0.3 is 16.4 Å². The number of nitrogens with zero attached hydrogens (tertiary/aromatic N) is 3. The van der Waals surface area contributed by atoms with Gasteiger partial charge in [0.15, 0.2) is 5.65 Å². The van der Waals surface area contributed by atoms with Gasteiger partial charge in [-0.05, 0) is 37.8 Å². The second-order valence-corrected chi connectivity index (χ2v) is 6.71. The second-order valence-electron chi connectivity index (χ2n) is 6.71. The number of carbonyl (C=O) groups excluding carboxylic acids is 1. The summed E-state index contributed by atoms with van der Waals surface area (Å²) in [5.74, 6) is 0.552. The lowest BCUT2D eigenvalue weighted by molar-refractivity contribution is 0.102. The van der Waals surface area contributed by atoms with Crippen LogP contribution in [0.25, 0.3) is 5.65 Å². The van der Waals surface area contributed by atoms with Crippen LogP contribution < -0.4 is 16.4 Å². The molecular weight excluding hydrogens is 328 g/mol. The molecule has 0 radical (unpaired) electrons. The quantitative estimate of drug-likeness (QED) is 0.672. The van der Waals surface area contributed by atoms with E-state index in [1.807, 2.05) is 24.3 Å². The number of fused-ring (bicyclic) bond motifs is 1. The molecule has 4 rings (SSSR count). The molecule has 1 fully saturated rings. The third kappa shape index (κ3) is 3.52. The molecule has 3 aromatic rings. The van der Waals surface area contributed by atoms with Crippen LogP contribution in [0.1, 0.15) is 36.0 Å². The van der Waals surface area contributed by atoms with Gasteiger partial charge in [-0.1, -0.05) is 18.2 Å². The number of rotatable bonds is 4. The molecule has 0 unspecified atom stereocenters. The molecule has 1 amide bonds. The molecule has 1 saturated carbocycles. The van der Waals surface area contributed by atoms with Crippen molar-refractivity contribution in [2.24, 2.45) is 5.73 Å². The Balaban J connectivity index is 1.57. The number of nitrogens with one attached hydrogen (secondary N) is 2. The zero-order valence-corrected chi connectivity index (χ0v) is 14.4. The Morgan fingerprint density at radius 1 is 1.15 bits per heavy atom. The predicted molar refractivity (Wildman–Crippen MR) is 101 cm³/mol. The fourth-order valence-corrected chi connectivity index (χ4v) is 3.34. The molecular formula is C19H22N6O. The van der Waals surface area contributed by atoms with Crippen molar-refractivity contribution in [3.8, 4) is 0 Å². The van der Waals surface area contributed by atoms with E-state index >= 15 is 0 Å². The third-order valence-corrected chi connectivity index (χ3v) is 4.77. The van der Waals surface area contributed by atoms with Crippen molar-refractivity contribution in [2.45, 2.75) is 37.8 Å². The Labute approximate surface area is 151 Å². The van der Waals surface area contributed by atoms with Crippen LogP contribution in [0.2, 0.25) is 0 Å². The van der Waals surface area contributed by atoms with E-state index in [4.69, 9.17) is 5.73 Å². The molecule has 1 aromatic carbocycles. The molecule has 0 aliphatic heterocycles. The number of anilines is 2. The first kappa shape index (κ1) is 16.5. The minimum absolute atomic E-state index is 0.170. The minimum Gasteiger partial charge on any atom is -0.366 e. The molecule has 26 heavy (non-hydrogen) atoms. The van der Waals surface area contributed by atoms with Crippen molar-refractivity contribution in [3.05, 3.63) is 54.4 Å². The Bertz CT molecular complexity index is 899. The van der Waals surface area contributed by atoms with Crippen molar-refractivity contribution < 1.29 is 4.79 Å².